The molecule has 8 nitrogen and oxygen atoms in total. The number of carbonyl (C=O) groups excluding carboxylic acids is 1. The number of aliphatic hydroxyl groups is 1. The molecule has 0 radical (unpaired) electrons. The highest BCUT2D eigenvalue weighted by Crippen LogP contribution is 2.57. The van der Waals surface area contributed by atoms with Crippen LogP contribution in [0.5, 0.6) is 0 Å². The van der Waals surface area contributed by atoms with Crippen LogP contribution in [0.4, 0.5) is 5.69 Å². The van der Waals surface area contributed by atoms with Crippen LogP contribution in [0.25, 0.3) is 10.9 Å². The van der Waals surface area contributed by atoms with Gasteiger partial charge in [-0.05, 0) is 63.3 Å². The number of fused-ring (bicyclic) bond motifs is 1. The van der Waals surface area contributed by atoms with E-state index in [0.29, 0.717) is 23.7 Å². The molecule has 1 aromatic carbocycles. The molecule has 8 heteroatoms. The third-order valence-electron chi connectivity index (χ3n) is 7.40. The number of nitrogens with zero attached hydrogens (tertiary/aromatic N) is 3. The highest BCUT2D eigenvalue weighted by atomic mass is 16.3. The molecule has 2 aromatic rings. The summed E-state index contributed by atoms with van der Waals surface area (Å²) >= 11 is 0. The first-order valence-corrected chi connectivity index (χ1v) is 11.3. The van der Waals surface area contributed by atoms with Crippen molar-refractivity contribution in [3.63, 3.8) is 0 Å². The molecule has 2 saturated heterocycles. The topological polar surface area (TPSA) is 94.4 Å². The van der Waals surface area contributed by atoms with Gasteiger partial charge in [-0.15, -0.1) is 0 Å². The van der Waals surface area contributed by atoms with Gasteiger partial charge >= 0.3 is 0 Å². The fourth-order valence-electron chi connectivity index (χ4n) is 5.67. The number of aliphatic hydroxyl groups excluding tert-OH is 1. The Morgan fingerprint density at radius 2 is 2.23 bits per heavy atom. The minimum absolute atomic E-state index is 0.0939. The highest BCUT2D eigenvalue weighted by Gasteiger charge is 2.63. The maximum absolute atomic E-state index is 13.2. The second-order valence-corrected chi connectivity index (χ2v) is 8.92. The number of hydrogen-bond donors (Lipinski definition) is 4. The molecule has 4 N–H and O–H groups in total. The molecule has 3 heterocycles. The number of amides is 1. The van der Waals surface area contributed by atoms with Gasteiger partial charge in [0.15, 0.2) is 12.0 Å². The number of nitrogens with one attached hydrogen (secondary N) is 3. The van der Waals surface area contributed by atoms with E-state index in [1.807, 2.05) is 36.7 Å². The van der Waals surface area contributed by atoms with Crippen LogP contribution in [0.2, 0.25) is 0 Å². The smallest absolute Gasteiger partial charge is 0.272 e. The molecule has 1 amide bonds. The zero-order chi connectivity index (χ0) is 20.9. The lowest BCUT2D eigenvalue weighted by atomic mass is 9.61. The molecule has 1 saturated carbocycles. The molecule has 4 atom stereocenters. The number of rotatable bonds is 8. The minimum Gasteiger partial charge on any atom is -0.361 e. The Hall–Kier alpha value is -2.16. The van der Waals surface area contributed by atoms with Crippen LogP contribution in [-0.2, 0) is 6.54 Å². The number of anilines is 1. The summed E-state index contributed by atoms with van der Waals surface area (Å²) < 4.78 is 1.87. The molecule has 3 fully saturated rings. The van der Waals surface area contributed by atoms with Crippen molar-refractivity contribution in [2.45, 2.75) is 64.0 Å². The second kappa shape index (κ2) is 7.51. The van der Waals surface area contributed by atoms with E-state index in [2.05, 4.69) is 25.9 Å². The van der Waals surface area contributed by atoms with Gasteiger partial charge in [0.05, 0.1) is 5.52 Å². The Balaban J connectivity index is 1.37. The zero-order valence-corrected chi connectivity index (χ0v) is 17.8. The van der Waals surface area contributed by atoms with E-state index in [4.69, 9.17) is 0 Å². The number of aryl methyl sites for hydroxylation is 1. The molecule has 2 unspecified atom stereocenters. The minimum atomic E-state index is -0.835. The first-order chi connectivity index (χ1) is 14.6. The van der Waals surface area contributed by atoms with Crippen molar-refractivity contribution < 1.29 is 9.90 Å². The quantitative estimate of drug-likeness (QED) is 0.493. The average Bonchev–Trinajstić information content (AvgIpc) is 3.12. The predicted octanol–water partition coefficient (Wildman–Crippen LogP) is 1.71. The molecule has 5 rings (SSSR count). The molecule has 30 heavy (non-hydrogen) atoms. The molecular formula is C22H32N6O2. The number of hydrogen-bond acceptors (Lipinski definition) is 6. The van der Waals surface area contributed by atoms with Gasteiger partial charge < -0.3 is 15.7 Å². The summed E-state index contributed by atoms with van der Waals surface area (Å²) in [6.07, 6.45) is 3.87. The average molecular weight is 413 g/mol. The van der Waals surface area contributed by atoms with Crippen LogP contribution in [0.1, 0.15) is 50.0 Å². The Kier molecular flexibility index (Phi) is 4.95. The second-order valence-electron chi connectivity index (χ2n) is 8.92. The van der Waals surface area contributed by atoms with Crippen LogP contribution in [0.3, 0.4) is 0 Å². The SMILES string of the molecule is CCCNC(O)Nc1ccc2c(c1)c(C(=O)N[C@@H]1CN3CCC34CC[C@H]14)nn2CC. The normalized spacial score (nSPS) is 28.4. The molecule has 1 spiro atoms. The highest BCUT2D eigenvalue weighted by molar-refractivity contribution is 6.05. The maximum atomic E-state index is 13.2. The van der Waals surface area contributed by atoms with Crippen molar-refractivity contribution in [1.82, 2.24) is 25.3 Å². The Labute approximate surface area is 177 Å². The maximum Gasteiger partial charge on any atom is 0.272 e. The van der Waals surface area contributed by atoms with Gasteiger partial charge in [-0.3, -0.25) is 19.7 Å². The number of aromatic nitrogens is 2. The molecule has 162 valence electrons. The largest absolute Gasteiger partial charge is 0.361 e. The van der Waals surface area contributed by atoms with E-state index in [0.717, 1.165) is 36.1 Å². The lowest BCUT2D eigenvalue weighted by Crippen LogP contribution is -2.64. The summed E-state index contributed by atoms with van der Waals surface area (Å²) in [6, 6.07) is 6.00. The van der Waals surface area contributed by atoms with Gasteiger partial charge in [0.25, 0.3) is 5.91 Å². The van der Waals surface area contributed by atoms with Gasteiger partial charge in [-0.25, -0.2) is 0 Å². The van der Waals surface area contributed by atoms with Crippen molar-refractivity contribution >= 4 is 22.5 Å². The Morgan fingerprint density at radius 1 is 1.37 bits per heavy atom. The van der Waals surface area contributed by atoms with E-state index in [1.165, 1.54) is 25.8 Å². The lowest BCUT2D eigenvalue weighted by Gasteiger charge is -2.58. The summed E-state index contributed by atoms with van der Waals surface area (Å²) in [5, 5.41) is 24.9. The molecule has 3 aliphatic rings. The third-order valence-corrected chi connectivity index (χ3v) is 7.40. The van der Waals surface area contributed by atoms with E-state index in [-0.39, 0.29) is 11.9 Å². The fourth-order valence-corrected chi connectivity index (χ4v) is 5.67. The summed E-state index contributed by atoms with van der Waals surface area (Å²) in [5.74, 6) is 0.496. The van der Waals surface area contributed by atoms with Crippen LogP contribution in [-0.4, -0.2) is 63.3 Å². The first kappa shape index (κ1) is 19.8. The van der Waals surface area contributed by atoms with E-state index in [9.17, 15) is 9.90 Å². The molecule has 1 aliphatic carbocycles. The van der Waals surface area contributed by atoms with Gasteiger partial charge in [-0.2, -0.15) is 5.10 Å². The van der Waals surface area contributed by atoms with Gasteiger partial charge in [0, 0.05) is 42.3 Å². The van der Waals surface area contributed by atoms with Crippen molar-refractivity contribution in [1.29, 1.82) is 0 Å². The standard InChI is InChI=1S/C22H32N6O2/c1-3-10-23-21(30)24-14-5-6-18-15(12-14)19(26-28(18)4-2)20(29)25-17-13-27-11-9-22(27)8-7-16(17)22/h5-6,12,16-17,21,23-24,30H,3-4,7-11,13H2,1-2H3,(H,25,29)/t16-,17-,21?,22?/m1/s1. The van der Waals surface area contributed by atoms with Crippen molar-refractivity contribution in [2.24, 2.45) is 5.92 Å². The van der Waals surface area contributed by atoms with E-state index < -0.39 is 6.35 Å². The predicted molar refractivity (Wildman–Crippen MR) is 116 cm³/mol. The summed E-state index contributed by atoms with van der Waals surface area (Å²) in [4.78, 5) is 15.8. The van der Waals surface area contributed by atoms with Crippen LogP contribution < -0.4 is 16.0 Å². The van der Waals surface area contributed by atoms with Crippen molar-refractivity contribution in [3.8, 4) is 0 Å². The molecule has 0 bridgehead atoms. The summed E-state index contributed by atoms with van der Waals surface area (Å²) in [5.41, 5.74) is 2.54. The summed E-state index contributed by atoms with van der Waals surface area (Å²) in [7, 11) is 0. The number of benzene rings is 1. The Bertz CT molecular complexity index is 954. The van der Waals surface area contributed by atoms with Crippen LogP contribution in [0, 0.1) is 5.92 Å². The van der Waals surface area contributed by atoms with Crippen molar-refractivity contribution in [2.75, 3.05) is 25.0 Å². The summed E-state index contributed by atoms with van der Waals surface area (Å²) in [6.45, 7) is 7.62. The van der Waals surface area contributed by atoms with Crippen LogP contribution >= 0.6 is 0 Å². The van der Waals surface area contributed by atoms with Gasteiger partial charge in [-0.1, -0.05) is 6.92 Å². The van der Waals surface area contributed by atoms with Crippen molar-refractivity contribution in [3.05, 3.63) is 23.9 Å². The third kappa shape index (κ3) is 3.01. The number of carbonyl (C=O) groups is 1. The van der Waals surface area contributed by atoms with Gasteiger partial charge in [0.1, 0.15) is 0 Å². The Morgan fingerprint density at radius 3 is 2.87 bits per heavy atom. The van der Waals surface area contributed by atoms with E-state index >= 15 is 0 Å². The van der Waals surface area contributed by atoms with E-state index in [1.54, 1.807) is 0 Å². The lowest BCUT2D eigenvalue weighted by molar-refractivity contribution is -0.0676. The first-order valence-electron chi connectivity index (χ1n) is 11.3. The zero-order valence-electron chi connectivity index (χ0n) is 17.8. The van der Waals surface area contributed by atoms with Crippen LogP contribution in [0.15, 0.2) is 18.2 Å². The fraction of sp³-hybridized carbons (Fsp3) is 0.636. The van der Waals surface area contributed by atoms with Gasteiger partial charge in [0.2, 0.25) is 0 Å². The molecule has 2 aliphatic heterocycles. The molecule has 1 aromatic heterocycles. The monoisotopic (exact) mass is 412 g/mol. The molecular weight excluding hydrogens is 380 g/mol.